The van der Waals surface area contributed by atoms with Gasteiger partial charge in [0.25, 0.3) is 11.4 Å². The third kappa shape index (κ3) is 3.26. The van der Waals surface area contributed by atoms with Gasteiger partial charge in [0.15, 0.2) is 0 Å². The number of rotatable bonds is 4. The molecular formula is C19H14BrN5O2. The minimum atomic E-state index is -0.292. The molecule has 4 aromatic rings. The van der Waals surface area contributed by atoms with E-state index in [1.54, 1.807) is 6.20 Å². The molecule has 2 aromatic heterocycles. The number of hydrogen-bond acceptors (Lipinski definition) is 5. The van der Waals surface area contributed by atoms with Crippen molar-refractivity contribution in [2.45, 2.75) is 6.92 Å². The van der Waals surface area contributed by atoms with E-state index in [1.807, 2.05) is 67.6 Å². The van der Waals surface area contributed by atoms with E-state index < -0.39 is 0 Å². The summed E-state index contributed by atoms with van der Waals surface area (Å²) in [7, 11) is 0. The average molecular weight is 424 g/mol. The highest BCUT2D eigenvalue weighted by molar-refractivity contribution is 9.10. The van der Waals surface area contributed by atoms with Crippen LogP contribution in [0.25, 0.3) is 11.4 Å². The fourth-order valence-corrected chi connectivity index (χ4v) is 3.00. The van der Waals surface area contributed by atoms with Crippen LogP contribution < -0.4 is 10.3 Å². The topological polar surface area (TPSA) is 74.8 Å². The van der Waals surface area contributed by atoms with Crippen molar-refractivity contribution >= 4 is 15.9 Å². The van der Waals surface area contributed by atoms with E-state index in [0.717, 1.165) is 0 Å². The summed E-state index contributed by atoms with van der Waals surface area (Å²) in [5, 5.41) is 12.4. The number of para-hydroxylation sites is 2. The molecule has 0 bridgehead atoms. The van der Waals surface area contributed by atoms with Gasteiger partial charge in [-0.1, -0.05) is 46.7 Å². The van der Waals surface area contributed by atoms with Gasteiger partial charge in [-0.15, -0.1) is 0 Å². The van der Waals surface area contributed by atoms with E-state index in [1.165, 1.54) is 9.36 Å². The van der Waals surface area contributed by atoms with Crippen LogP contribution in [0.1, 0.15) is 5.69 Å². The summed E-state index contributed by atoms with van der Waals surface area (Å²) in [6.07, 6.45) is 1.56. The monoisotopic (exact) mass is 423 g/mol. The molecule has 4 rings (SSSR count). The van der Waals surface area contributed by atoms with Crippen molar-refractivity contribution in [1.29, 1.82) is 0 Å². The highest BCUT2D eigenvalue weighted by Gasteiger charge is 2.18. The third-order valence-corrected chi connectivity index (χ3v) is 4.68. The van der Waals surface area contributed by atoms with Gasteiger partial charge in [-0.05, 0) is 47.1 Å². The SMILES string of the molecule is Cc1c(Oc2ccccc2)nnn1-c1cnn(-c2ccccc2)c(=O)c1Br. The Morgan fingerprint density at radius 1 is 0.963 bits per heavy atom. The van der Waals surface area contributed by atoms with Crippen LogP contribution in [-0.4, -0.2) is 24.8 Å². The van der Waals surface area contributed by atoms with Crippen molar-refractivity contribution in [3.63, 3.8) is 0 Å². The zero-order valence-electron chi connectivity index (χ0n) is 14.3. The lowest BCUT2D eigenvalue weighted by Gasteiger charge is -2.09. The summed E-state index contributed by atoms with van der Waals surface area (Å²) in [6, 6.07) is 18.5. The lowest BCUT2D eigenvalue weighted by Crippen LogP contribution is -2.23. The molecule has 0 aliphatic carbocycles. The van der Waals surface area contributed by atoms with E-state index in [-0.39, 0.29) is 5.56 Å². The molecule has 0 amide bonds. The minimum absolute atomic E-state index is 0.292. The second-order valence-electron chi connectivity index (χ2n) is 5.70. The zero-order valence-corrected chi connectivity index (χ0v) is 15.9. The Bertz CT molecular complexity index is 1140. The van der Waals surface area contributed by atoms with Crippen molar-refractivity contribution in [3.05, 3.63) is 87.4 Å². The second kappa shape index (κ2) is 7.16. The van der Waals surface area contributed by atoms with Crippen molar-refractivity contribution in [1.82, 2.24) is 24.8 Å². The number of aromatic nitrogens is 5. The number of ether oxygens (including phenoxy) is 1. The van der Waals surface area contributed by atoms with Gasteiger partial charge < -0.3 is 4.74 Å². The fourth-order valence-electron chi connectivity index (χ4n) is 2.56. The van der Waals surface area contributed by atoms with E-state index in [0.29, 0.717) is 33.2 Å². The molecule has 2 aromatic carbocycles. The van der Waals surface area contributed by atoms with Crippen molar-refractivity contribution < 1.29 is 4.74 Å². The lowest BCUT2D eigenvalue weighted by molar-refractivity contribution is 0.458. The molecule has 0 aliphatic heterocycles. The Morgan fingerprint density at radius 3 is 2.33 bits per heavy atom. The van der Waals surface area contributed by atoms with Crippen LogP contribution in [0.2, 0.25) is 0 Å². The molecular weight excluding hydrogens is 410 g/mol. The lowest BCUT2D eigenvalue weighted by atomic mass is 10.3. The van der Waals surface area contributed by atoms with E-state index in [4.69, 9.17) is 4.74 Å². The van der Waals surface area contributed by atoms with Crippen LogP contribution in [0.4, 0.5) is 0 Å². The maximum atomic E-state index is 12.7. The summed E-state index contributed by atoms with van der Waals surface area (Å²) in [4.78, 5) is 12.7. The first-order chi connectivity index (χ1) is 13.1. The van der Waals surface area contributed by atoms with Crippen LogP contribution in [0.5, 0.6) is 11.6 Å². The normalized spacial score (nSPS) is 10.7. The van der Waals surface area contributed by atoms with Gasteiger partial charge in [-0.3, -0.25) is 4.79 Å². The Kier molecular flexibility index (Phi) is 4.55. The second-order valence-corrected chi connectivity index (χ2v) is 6.50. The quantitative estimate of drug-likeness (QED) is 0.500. The molecule has 0 spiro atoms. The first kappa shape index (κ1) is 17.2. The van der Waals surface area contributed by atoms with Gasteiger partial charge >= 0.3 is 0 Å². The standard InChI is InChI=1S/C19H14BrN5O2/c1-13-18(27-15-10-6-3-7-11-15)22-23-24(13)16-12-21-25(19(26)17(16)20)14-8-4-2-5-9-14/h2-12H,1H3. The Morgan fingerprint density at radius 2 is 1.63 bits per heavy atom. The molecule has 2 heterocycles. The molecule has 0 N–H and O–H groups in total. The van der Waals surface area contributed by atoms with Crippen molar-refractivity contribution in [3.8, 4) is 23.0 Å². The third-order valence-electron chi connectivity index (χ3n) is 3.94. The highest BCUT2D eigenvalue weighted by Crippen LogP contribution is 2.25. The van der Waals surface area contributed by atoms with Crippen LogP contribution in [0, 0.1) is 6.92 Å². The van der Waals surface area contributed by atoms with Crippen LogP contribution in [-0.2, 0) is 0 Å². The molecule has 7 nitrogen and oxygen atoms in total. The summed E-state index contributed by atoms with van der Waals surface area (Å²) >= 11 is 3.37. The molecule has 27 heavy (non-hydrogen) atoms. The number of benzene rings is 2. The van der Waals surface area contributed by atoms with Gasteiger partial charge in [0.2, 0.25) is 0 Å². The number of nitrogens with zero attached hydrogens (tertiary/aromatic N) is 5. The number of hydrogen-bond donors (Lipinski definition) is 0. The smallest absolute Gasteiger partial charge is 0.288 e. The van der Waals surface area contributed by atoms with Crippen LogP contribution in [0.15, 0.2) is 76.1 Å². The molecule has 0 radical (unpaired) electrons. The van der Waals surface area contributed by atoms with Gasteiger partial charge in [-0.25, -0.2) is 4.68 Å². The Hall–Kier alpha value is -3.26. The highest BCUT2D eigenvalue weighted by atomic mass is 79.9. The molecule has 0 unspecified atom stereocenters. The molecule has 0 atom stereocenters. The summed E-state index contributed by atoms with van der Waals surface area (Å²) in [6.45, 7) is 1.81. The van der Waals surface area contributed by atoms with E-state index >= 15 is 0 Å². The maximum Gasteiger partial charge on any atom is 0.288 e. The van der Waals surface area contributed by atoms with Crippen molar-refractivity contribution in [2.24, 2.45) is 0 Å². The summed E-state index contributed by atoms with van der Waals surface area (Å²) in [5.74, 6) is 1.02. The number of halogens is 1. The minimum Gasteiger partial charge on any atom is -0.436 e. The first-order valence-electron chi connectivity index (χ1n) is 8.14. The zero-order chi connectivity index (χ0) is 18.8. The molecule has 134 valence electrons. The van der Waals surface area contributed by atoms with Gasteiger partial charge in [-0.2, -0.15) is 9.78 Å². The Balaban J connectivity index is 1.72. The van der Waals surface area contributed by atoms with Crippen LogP contribution in [0.3, 0.4) is 0 Å². The van der Waals surface area contributed by atoms with Gasteiger partial charge in [0.05, 0.1) is 11.9 Å². The summed E-state index contributed by atoms with van der Waals surface area (Å²) < 4.78 is 8.94. The molecule has 0 aliphatic rings. The average Bonchev–Trinajstić information content (AvgIpc) is 3.06. The maximum absolute atomic E-state index is 12.7. The molecule has 0 saturated carbocycles. The predicted molar refractivity (Wildman–Crippen MR) is 104 cm³/mol. The Labute approximate surface area is 163 Å². The fraction of sp³-hybridized carbons (Fsp3) is 0.0526. The van der Waals surface area contributed by atoms with Crippen molar-refractivity contribution in [2.75, 3.05) is 0 Å². The summed E-state index contributed by atoms with van der Waals surface area (Å²) in [5.41, 5.74) is 1.52. The van der Waals surface area contributed by atoms with E-state index in [9.17, 15) is 4.79 Å². The predicted octanol–water partition coefficient (Wildman–Crippen LogP) is 3.68. The van der Waals surface area contributed by atoms with Gasteiger partial charge in [0.1, 0.15) is 21.6 Å². The van der Waals surface area contributed by atoms with E-state index in [2.05, 4.69) is 31.3 Å². The van der Waals surface area contributed by atoms with Gasteiger partial charge in [0, 0.05) is 0 Å². The molecule has 0 saturated heterocycles. The van der Waals surface area contributed by atoms with Crippen LogP contribution >= 0.6 is 15.9 Å². The molecule has 8 heteroatoms. The molecule has 0 fully saturated rings. The first-order valence-corrected chi connectivity index (χ1v) is 8.93. The largest absolute Gasteiger partial charge is 0.436 e.